The molecule has 0 spiro atoms. The Bertz CT molecular complexity index is 1360. The maximum absolute atomic E-state index is 12.4. The second-order valence-electron chi connectivity index (χ2n) is 10.7. The van der Waals surface area contributed by atoms with Gasteiger partial charge in [0.25, 0.3) is 0 Å². The van der Waals surface area contributed by atoms with Gasteiger partial charge in [0.15, 0.2) is 0 Å². The van der Waals surface area contributed by atoms with Crippen LogP contribution in [0.3, 0.4) is 0 Å². The number of alkyl halides is 6. The highest BCUT2D eigenvalue weighted by Gasteiger charge is 2.31. The fraction of sp³-hybridized carbons (Fsp3) is 0.314. The SMILES string of the molecule is Cc1cc(CCCCCCCc2ccc(-c3ccc(OC(F)(F)F)cc3)c(C)c2)ccc1-c1ccc(OC(F)(F)F)cc1. The molecule has 0 aromatic heterocycles. The van der Waals surface area contributed by atoms with Gasteiger partial charge in [0.1, 0.15) is 11.5 Å². The number of aryl methyl sites for hydroxylation is 4. The number of ether oxygens (including phenoxy) is 2. The third-order valence-electron chi connectivity index (χ3n) is 7.31. The first kappa shape index (κ1) is 32.0. The molecule has 4 aromatic carbocycles. The lowest BCUT2D eigenvalue weighted by Crippen LogP contribution is -2.16. The van der Waals surface area contributed by atoms with E-state index in [9.17, 15) is 26.3 Å². The fourth-order valence-electron chi connectivity index (χ4n) is 5.27. The van der Waals surface area contributed by atoms with Crippen molar-refractivity contribution >= 4 is 0 Å². The van der Waals surface area contributed by atoms with Crippen molar-refractivity contribution in [3.63, 3.8) is 0 Å². The monoisotopic (exact) mass is 600 g/mol. The van der Waals surface area contributed by atoms with Crippen LogP contribution < -0.4 is 9.47 Å². The Balaban J connectivity index is 1.17. The largest absolute Gasteiger partial charge is 0.573 e. The van der Waals surface area contributed by atoms with E-state index in [2.05, 4.69) is 33.7 Å². The van der Waals surface area contributed by atoms with Gasteiger partial charge in [0, 0.05) is 0 Å². The van der Waals surface area contributed by atoms with E-state index in [1.54, 1.807) is 24.3 Å². The number of unbranched alkanes of at least 4 members (excludes halogenated alkanes) is 4. The van der Waals surface area contributed by atoms with Gasteiger partial charge in [0.05, 0.1) is 0 Å². The minimum atomic E-state index is -4.70. The number of hydrogen-bond acceptors (Lipinski definition) is 2. The zero-order chi connectivity index (χ0) is 31.0. The van der Waals surface area contributed by atoms with Crippen LogP contribution in [0.15, 0.2) is 84.9 Å². The minimum Gasteiger partial charge on any atom is -0.406 e. The number of rotatable bonds is 12. The summed E-state index contributed by atoms with van der Waals surface area (Å²) in [5.74, 6) is -0.464. The Morgan fingerprint density at radius 1 is 0.465 bits per heavy atom. The molecule has 0 fully saturated rings. The van der Waals surface area contributed by atoms with Crippen molar-refractivity contribution in [2.45, 2.75) is 71.5 Å². The molecule has 0 amide bonds. The molecular weight excluding hydrogens is 566 g/mol. The predicted octanol–water partition coefficient (Wildman–Crippen LogP) is 11.2. The summed E-state index contributed by atoms with van der Waals surface area (Å²) in [5.41, 5.74) is 8.31. The first-order chi connectivity index (χ1) is 20.4. The highest BCUT2D eigenvalue weighted by Crippen LogP contribution is 2.31. The second kappa shape index (κ2) is 14.0. The van der Waals surface area contributed by atoms with E-state index >= 15 is 0 Å². The van der Waals surface area contributed by atoms with Gasteiger partial charge >= 0.3 is 12.7 Å². The van der Waals surface area contributed by atoms with Crippen LogP contribution in [0, 0.1) is 13.8 Å². The quantitative estimate of drug-likeness (QED) is 0.119. The van der Waals surface area contributed by atoms with Gasteiger partial charge in [-0.2, -0.15) is 0 Å². The van der Waals surface area contributed by atoms with Crippen LogP contribution in [-0.4, -0.2) is 12.7 Å². The molecule has 0 bridgehead atoms. The summed E-state index contributed by atoms with van der Waals surface area (Å²) in [6, 6.07) is 24.4. The average Bonchev–Trinajstić information content (AvgIpc) is 2.92. The molecular formula is C35H34F6O2. The highest BCUT2D eigenvalue weighted by molar-refractivity contribution is 5.69. The first-order valence-electron chi connectivity index (χ1n) is 14.3. The zero-order valence-corrected chi connectivity index (χ0v) is 24.1. The van der Waals surface area contributed by atoms with Crippen molar-refractivity contribution < 1.29 is 35.8 Å². The third kappa shape index (κ3) is 10.1. The van der Waals surface area contributed by atoms with Crippen LogP contribution in [0.4, 0.5) is 26.3 Å². The molecule has 0 aliphatic rings. The standard InChI is InChI=1S/C35H34F6O2/c1-24-22-26(10-20-32(24)28-12-16-30(17-13-28)42-34(36,37)38)8-6-4-3-5-7-9-27-11-21-33(25(2)23-27)29-14-18-31(19-15-29)43-35(39,40)41/h10-23H,3-9H2,1-2H3. The molecule has 2 nitrogen and oxygen atoms in total. The van der Waals surface area contributed by atoms with Crippen LogP contribution in [-0.2, 0) is 12.8 Å². The van der Waals surface area contributed by atoms with Gasteiger partial charge in [0.2, 0.25) is 0 Å². The topological polar surface area (TPSA) is 18.5 Å². The maximum atomic E-state index is 12.4. The number of halogens is 6. The predicted molar refractivity (Wildman–Crippen MR) is 157 cm³/mol. The van der Waals surface area contributed by atoms with Crippen LogP contribution in [0.5, 0.6) is 11.5 Å². The van der Waals surface area contributed by atoms with Gasteiger partial charge in [-0.15, -0.1) is 26.3 Å². The molecule has 0 aliphatic carbocycles. The van der Waals surface area contributed by atoms with Crippen LogP contribution in [0.25, 0.3) is 22.3 Å². The first-order valence-corrected chi connectivity index (χ1v) is 14.3. The fourth-order valence-corrected chi connectivity index (χ4v) is 5.27. The van der Waals surface area contributed by atoms with E-state index in [1.165, 1.54) is 35.4 Å². The van der Waals surface area contributed by atoms with E-state index in [0.717, 1.165) is 78.3 Å². The van der Waals surface area contributed by atoms with E-state index in [4.69, 9.17) is 0 Å². The normalized spacial score (nSPS) is 11.9. The van der Waals surface area contributed by atoms with E-state index < -0.39 is 12.7 Å². The van der Waals surface area contributed by atoms with Gasteiger partial charge in [-0.3, -0.25) is 0 Å². The molecule has 0 atom stereocenters. The highest BCUT2D eigenvalue weighted by atomic mass is 19.4. The summed E-state index contributed by atoms with van der Waals surface area (Å²) in [5, 5.41) is 0. The summed E-state index contributed by atoms with van der Waals surface area (Å²) < 4.78 is 82.3. The van der Waals surface area contributed by atoms with Gasteiger partial charge in [-0.05, 0) is 108 Å². The van der Waals surface area contributed by atoms with Crippen LogP contribution in [0.1, 0.15) is 54.4 Å². The van der Waals surface area contributed by atoms with E-state index in [-0.39, 0.29) is 11.5 Å². The van der Waals surface area contributed by atoms with E-state index in [0.29, 0.717) is 0 Å². The van der Waals surface area contributed by atoms with Crippen molar-refractivity contribution in [1.82, 2.24) is 0 Å². The lowest BCUT2D eigenvalue weighted by atomic mass is 9.95. The smallest absolute Gasteiger partial charge is 0.406 e. The molecule has 228 valence electrons. The van der Waals surface area contributed by atoms with Crippen molar-refractivity contribution in [2.75, 3.05) is 0 Å². The lowest BCUT2D eigenvalue weighted by Gasteiger charge is -2.12. The second-order valence-corrected chi connectivity index (χ2v) is 10.7. The Hall–Kier alpha value is -3.94. The van der Waals surface area contributed by atoms with E-state index in [1.807, 2.05) is 26.0 Å². The molecule has 4 rings (SSSR count). The van der Waals surface area contributed by atoms with Gasteiger partial charge < -0.3 is 9.47 Å². The molecule has 0 aliphatic heterocycles. The Morgan fingerprint density at radius 3 is 1.14 bits per heavy atom. The molecule has 8 heteroatoms. The lowest BCUT2D eigenvalue weighted by molar-refractivity contribution is -0.275. The van der Waals surface area contributed by atoms with Gasteiger partial charge in [-0.25, -0.2) is 0 Å². The molecule has 0 saturated heterocycles. The Labute approximate surface area is 248 Å². The summed E-state index contributed by atoms with van der Waals surface area (Å²) in [6.45, 7) is 4.02. The zero-order valence-electron chi connectivity index (χ0n) is 24.1. The minimum absolute atomic E-state index is 0.232. The summed E-state index contributed by atoms with van der Waals surface area (Å²) >= 11 is 0. The molecule has 0 saturated carbocycles. The van der Waals surface area contributed by atoms with Crippen molar-refractivity contribution in [1.29, 1.82) is 0 Å². The maximum Gasteiger partial charge on any atom is 0.573 e. The Morgan fingerprint density at radius 2 is 0.814 bits per heavy atom. The van der Waals surface area contributed by atoms with Crippen molar-refractivity contribution in [3.05, 3.63) is 107 Å². The van der Waals surface area contributed by atoms with Crippen LogP contribution in [0.2, 0.25) is 0 Å². The summed E-state index contributed by atoms with van der Waals surface area (Å²) in [7, 11) is 0. The number of hydrogen-bond donors (Lipinski definition) is 0. The number of benzene rings is 4. The summed E-state index contributed by atoms with van der Waals surface area (Å²) in [6.07, 6.45) is -1.87. The van der Waals surface area contributed by atoms with Crippen molar-refractivity contribution in [3.8, 4) is 33.8 Å². The average molecular weight is 601 g/mol. The van der Waals surface area contributed by atoms with Crippen molar-refractivity contribution in [2.24, 2.45) is 0 Å². The Kier molecular flexibility index (Phi) is 10.4. The molecule has 0 unspecified atom stereocenters. The molecule has 4 aromatic rings. The van der Waals surface area contributed by atoms with Gasteiger partial charge in [-0.1, -0.05) is 79.9 Å². The molecule has 43 heavy (non-hydrogen) atoms. The third-order valence-corrected chi connectivity index (χ3v) is 7.31. The molecule has 0 heterocycles. The molecule has 0 N–H and O–H groups in total. The van der Waals surface area contributed by atoms with Crippen LogP contribution >= 0.6 is 0 Å². The summed E-state index contributed by atoms with van der Waals surface area (Å²) in [4.78, 5) is 0. The molecule has 0 radical (unpaired) electrons.